The van der Waals surface area contributed by atoms with E-state index in [0.717, 1.165) is 11.4 Å². The van der Waals surface area contributed by atoms with Gasteiger partial charge in [0, 0.05) is 25.5 Å². The van der Waals surface area contributed by atoms with Crippen LogP contribution in [0.25, 0.3) is 0 Å². The monoisotopic (exact) mass is 267 g/mol. The van der Waals surface area contributed by atoms with Crippen molar-refractivity contribution in [1.82, 2.24) is 15.0 Å². The average molecular weight is 267 g/mol. The van der Waals surface area contributed by atoms with Gasteiger partial charge in [0.1, 0.15) is 6.54 Å². The Morgan fingerprint density at radius 1 is 1.37 bits per heavy atom. The van der Waals surface area contributed by atoms with Gasteiger partial charge in [-0.05, 0) is 26.8 Å². The first kappa shape index (κ1) is 15.2. The lowest BCUT2D eigenvalue weighted by atomic mass is 10.2. The van der Waals surface area contributed by atoms with Crippen LogP contribution in [-0.2, 0) is 16.1 Å². The summed E-state index contributed by atoms with van der Waals surface area (Å²) >= 11 is 0. The van der Waals surface area contributed by atoms with Crippen LogP contribution in [-0.4, -0.2) is 42.2 Å². The second kappa shape index (κ2) is 6.38. The van der Waals surface area contributed by atoms with Gasteiger partial charge in [0.15, 0.2) is 0 Å². The number of nitrogens with one attached hydrogen (secondary N) is 1. The molecule has 106 valence electrons. The van der Waals surface area contributed by atoms with E-state index in [1.807, 2.05) is 13.8 Å². The van der Waals surface area contributed by atoms with Gasteiger partial charge in [0.25, 0.3) is 5.91 Å². The van der Waals surface area contributed by atoms with Crippen molar-refractivity contribution in [1.29, 1.82) is 0 Å². The van der Waals surface area contributed by atoms with E-state index < -0.39 is 0 Å². The van der Waals surface area contributed by atoms with Gasteiger partial charge in [0.05, 0.1) is 12.2 Å². The molecule has 1 N–H and O–H groups in total. The van der Waals surface area contributed by atoms with E-state index >= 15 is 0 Å². The molecule has 0 spiro atoms. The second-order valence-electron chi connectivity index (χ2n) is 4.52. The van der Waals surface area contributed by atoms with Gasteiger partial charge in [-0.25, -0.2) is 9.80 Å². The molecule has 1 aromatic rings. The number of aromatic nitrogens is 1. The number of carbonyl (C=O) groups excluding carboxylic acids is 2. The van der Waals surface area contributed by atoms with Crippen LogP contribution in [0, 0.1) is 13.8 Å². The van der Waals surface area contributed by atoms with Crippen molar-refractivity contribution in [2.75, 3.05) is 20.7 Å². The minimum atomic E-state index is -0.352. The maximum absolute atomic E-state index is 11.8. The van der Waals surface area contributed by atoms with Crippen LogP contribution < -0.4 is 5.43 Å². The van der Waals surface area contributed by atoms with Crippen molar-refractivity contribution >= 4 is 11.9 Å². The third-order valence-electron chi connectivity index (χ3n) is 2.72. The molecule has 6 heteroatoms. The average Bonchev–Trinajstić information content (AvgIpc) is 2.56. The predicted octanol–water partition coefficient (Wildman–Crippen LogP) is 0.874. The number of rotatable bonds is 5. The van der Waals surface area contributed by atoms with Crippen LogP contribution >= 0.6 is 0 Å². The summed E-state index contributed by atoms with van der Waals surface area (Å²) in [4.78, 5) is 23.5. The number of hydrogen-bond acceptors (Lipinski definition) is 4. The van der Waals surface area contributed by atoms with Crippen molar-refractivity contribution in [3.8, 4) is 0 Å². The third kappa shape index (κ3) is 3.82. The van der Waals surface area contributed by atoms with Crippen LogP contribution in [0.15, 0.2) is 6.07 Å². The smallest absolute Gasteiger partial charge is 0.339 e. The zero-order valence-corrected chi connectivity index (χ0v) is 12.1. The predicted molar refractivity (Wildman–Crippen MR) is 71.7 cm³/mol. The van der Waals surface area contributed by atoms with E-state index in [2.05, 4.69) is 5.43 Å². The first-order chi connectivity index (χ1) is 8.86. The highest BCUT2D eigenvalue weighted by atomic mass is 16.5. The normalized spacial score (nSPS) is 10.6. The highest BCUT2D eigenvalue weighted by Crippen LogP contribution is 2.16. The maximum atomic E-state index is 11.8. The van der Waals surface area contributed by atoms with Gasteiger partial charge in [-0.3, -0.25) is 10.2 Å². The first-order valence-corrected chi connectivity index (χ1v) is 6.17. The molecular weight excluding hydrogens is 246 g/mol. The molecule has 0 saturated carbocycles. The molecule has 0 aliphatic rings. The summed E-state index contributed by atoms with van der Waals surface area (Å²) in [5.74, 6) is -0.489. The van der Waals surface area contributed by atoms with E-state index in [0.29, 0.717) is 12.2 Å². The second-order valence-corrected chi connectivity index (χ2v) is 4.52. The Bertz CT molecular complexity index is 478. The summed E-state index contributed by atoms with van der Waals surface area (Å²) in [5, 5.41) is 1.59. The van der Waals surface area contributed by atoms with E-state index in [9.17, 15) is 9.59 Å². The van der Waals surface area contributed by atoms with Crippen molar-refractivity contribution < 1.29 is 14.3 Å². The molecule has 1 heterocycles. The number of hydrazine groups is 1. The topological polar surface area (TPSA) is 63.6 Å². The summed E-state index contributed by atoms with van der Waals surface area (Å²) in [6.07, 6.45) is 0. The lowest BCUT2D eigenvalue weighted by Gasteiger charge is -2.14. The zero-order valence-electron chi connectivity index (χ0n) is 12.1. The van der Waals surface area contributed by atoms with Gasteiger partial charge >= 0.3 is 5.97 Å². The fraction of sp³-hybridized carbons (Fsp3) is 0.538. The Morgan fingerprint density at radius 2 is 2.00 bits per heavy atom. The number of ether oxygens (including phenoxy) is 1. The summed E-state index contributed by atoms with van der Waals surface area (Å²) in [7, 11) is 3.49. The molecular formula is C13H21N3O3. The van der Waals surface area contributed by atoms with Crippen LogP contribution in [0.2, 0.25) is 0 Å². The Labute approximate surface area is 113 Å². The van der Waals surface area contributed by atoms with Gasteiger partial charge in [-0.1, -0.05) is 0 Å². The lowest BCUT2D eigenvalue weighted by Crippen LogP contribution is -2.38. The molecule has 0 fully saturated rings. The van der Waals surface area contributed by atoms with Crippen molar-refractivity contribution in [3.05, 3.63) is 23.0 Å². The summed E-state index contributed by atoms with van der Waals surface area (Å²) < 4.78 is 6.78. The Morgan fingerprint density at radius 3 is 2.53 bits per heavy atom. The highest BCUT2D eigenvalue weighted by Gasteiger charge is 2.18. The molecule has 0 atom stereocenters. The van der Waals surface area contributed by atoms with Crippen LogP contribution in [0.5, 0.6) is 0 Å². The van der Waals surface area contributed by atoms with Crippen LogP contribution in [0.4, 0.5) is 0 Å². The van der Waals surface area contributed by atoms with Gasteiger partial charge in [0.2, 0.25) is 0 Å². The SMILES string of the molecule is CCOC(=O)c1cc(C)n(CC(=O)NN(C)C)c1C. The summed E-state index contributed by atoms with van der Waals surface area (Å²) in [6.45, 7) is 5.95. The standard InChI is InChI=1S/C13H21N3O3/c1-6-19-13(18)11-7-9(2)16(10(11)3)8-12(17)14-15(4)5/h7H,6,8H2,1-5H3,(H,14,17). The highest BCUT2D eigenvalue weighted by molar-refractivity contribution is 5.91. The number of aryl methyl sites for hydroxylation is 1. The fourth-order valence-electron chi connectivity index (χ4n) is 1.89. The maximum Gasteiger partial charge on any atom is 0.339 e. The number of carbonyl (C=O) groups is 2. The van der Waals surface area contributed by atoms with Crippen LogP contribution in [0.3, 0.4) is 0 Å². The number of hydrogen-bond donors (Lipinski definition) is 1. The summed E-state index contributed by atoms with van der Waals surface area (Å²) in [6, 6.07) is 1.75. The van der Waals surface area contributed by atoms with Gasteiger partial charge in [-0.2, -0.15) is 0 Å². The largest absolute Gasteiger partial charge is 0.462 e. The molecule has 0 aromatic carbocycles. The van der Waals surface area contributed by atoms with Crippen molar-refractivity contribution in [3.63, 3.8) is 0 Å². The Kier molecular flexibility index (Phi) is 5.11. The molecule has 1 rings (SSSR count). The summed E-state index contributed by atoms with van der Waals surface area (Å²) in [5.41, 5.74) is 4.77. The van der Waals surface area contributed by atoms with Crippen molar-refractivity contribution in [2.24, 2.45) is 0 Å². The zero-order chi connectivity index (χ0) is 14.6. The molecule has 1 aromatic heterocycles. The Hall–Kier alpha value is -1.82. The van der Waals surface area contributed by atoms with Crippen molar-refractivity contribution in [2.45, 2.75) is 27.3 Å². The number of nitrogens with zero attached hydrogens (tertiary/aromatic N) is 2. The molecule has 0 aliphatic heterocycles. The molecule has 0 radical (unpaired) electrons. The Balaban J connectivity index is 2.91. The third-order valence-corrected chi connectivity index (χ3v) is 2.72. The minimum absolute atomic E-state index is 0.137. The quantitative estimate of drug-likeness (QED) is 0.635. The number of esters is 1. The molecule has 19 heavy (non-hydrogen) atoms. The molecule has 0 unspecified atom stereocenters. The van der Waals surface area contributed by atoms with Gasteiger partial charge in [-0.15, -0.1) is 0 Å². The minimum Gasteiger partial charge on any atom is -0.462 e. The molecule has 6 nitrogen and oxygen atoms in total. The van der Waals surface area contributed by atoms with Gasteiger partial charge < -0.3 is 9.30 Å². The molecule has 0 aliphatic carbocycles. The molecule has 0 saturated heterocycles. The first-order valence-electron chi connectivity index (χ1n) is 6.17. The number of amides is 1. The van der Waals surface area contributed by atoms with E-state index in [1.54, 1.807) is 36.7 Å². The molecule has 1 amide bonds. The van der Waals surface area contributed by atoms with E-state index in [-0.39, 0.29) is 18.4 Å². The fourth-order valence-corrected chi connectivity index (χ4v) is 1.89. The lowest BCUT2D eigenvalue weighted by molar-refractivity contribution is -0.125. The van der Waals surface area contributed by atoms with E-state index in [1.165, 1.54) is 0 Å². The molecule has 0 bridgehead atoms. The van der Waals surface area contributed by atoms with E-state index in [4.69, 9.17) is 4.74 Å². The van der Waals surface area contributed by atoms with Crippen LogP contribution in [0.1, 0.15) is 28.7 Å².